The molecule has 3 saturated carbocycles. The Hall–Kier alpha value is -0.900. The van der Waals surface area contributed by atoms with Gasteiger partial charge in [-0.25, -0.2) is 0 Å². The van der Waals surface area contributed by atoms with Crippen LogP contribution in [0.2, 0.25) is 0 Å². The Morgan fingerprint density at radius 1 is 0.836 bits per heavy atom. The van der Waals surface area contributed by atoms with Crippen LogP contribution >= 0.6 is 0 Å². The van der Waals surface area contributed by atoms with Gasteiger partial charge in [-0.1, -0.05) is 39.3 Å². The third-order valence-corrected chi connectivity index (χ3v) is 17.1. The first-order chi connectivity index (χ1) is 29.0. The lowest BCUT2D eigenvalue weighted by atomic mass is 9.47. The second-order valence-electron chi connectivity index (χ2n) is 20.6. The zero-order valence-corrected chi connectivity index (χ0v) is 36.7. The third-order valence-electron chi connectivity index (χ3n) is 17.1. The predicted octanol–water partition coefficient (Wildman–Crippen LogP) is 1.49. The van der Waals surface area contributed by atoms with Gasteiger partial charge in [0.1, 0.15) is 54.9 Å². The van der Waals surface area contributed by atoms with Crippen molar-refractivity contribution in [3.63, 3.8) is 0 Å². The average Bonchev–Trinajstić information content (AvgIpc) is 3.69. The van der Waals surface area contributed by atoms with Crippen molar-refractivity contribution in [1.29, 1.82) is 0 Å². The van der Waals surface area contributed by atoms with Crippen molar-refractivity contribution >= 4 is 0 Å². The molecule has 8 rings (SSSR count). The summed E-state index contributed by atoms with van der Waals surface area (Å²) in [6.45, 7) is 11.5. The van der Waals surface area contributed by atoms with Crippen LogP contribution in [-0.4, -0.2) is 165 Å². The Kier molecular flexibility index (Phi) is 13.8. The van der Waals surface area contributed by atoms with Crippen LogP contribution < -0.4 is 0 Å². The summed E-state index contributed by atoms with van der Waals surface area (Å²) in [4.78, 5) is 0. The topological polar surface area (TPSA) is 236 Å². The monoisotopic (exact) mass is 870 g/mol. The fourth-order valence-electron chi connectivity index (χ4n) is 13.6. The molecule has 4 aliphatic carbocycles. The Bertz CT molecular complexity index is 1530. The summed E-state index contributed by atoms with van der Waals surface area (Å²) in [5.74, 6) is 2.67. The van der Waals surface area contributed by atoms with Crippen LogP contribution in [-0.2, 0) is 37.9 Å². The minimum Gasteiger partial charge on any atom is -0.394 e. The fraction of sp³-hybridized carbons (Fsp3) is 0.956. The van der Waals surface area contributed by atoms with Gasteiger partial charge in [0, 0.05) is 12.3 Å². The molecule has 4 saturated heterocycles. The standard InChI is InChI=1S/C45H74O16/c1-21-9-14-45(54-20-21)22(2)34-31(61-45)16-29-27-8-7-25-15-26(10-12-43(25,5)28(27)11-13-44(29,34)6)58-42-40(60-41-37(52)36(51)35(50)23(3)55-41)38(53)39(33(19-48)59-42)57-24(4)56-32(18-47)30(49)17-46/h7,21-24,26-42,46-53H,8-20H2,1-6H3/t21?,22-,23?,24?,26-,27?,28?,29?,30?,31?,32-,33?,34?,35-,36?,37?,38?,39+,40?,41-,42+,43-,44-,45?/m0/s1. The van der Waals surface area contributed by atoms with Crippen molar-refractivity contribution < 1.29 is 78.7 Å². The molecule has 4 aliphatic heterocycles. The number of hydrogen-bond donors (Lipinski definition) is 8. The number of hydrogen-bond acceptors (Lipinski definition) is 16. The first kappa shape index (κ1) is 46.6. The zero-order chi connectivity index (χ0) is 43.8. The Morgan fingerprint density at radius 2 is 1.61 bits per heavy atom. The molecule has 0 bridgehead atoms. The summed E-state index contributed by atoms with van der Waals surface area (Å²) in [6, 6.07) is 0. The van der Waals surface area contributed by atoms with Gasteiger partial charge in [0.25, 0.3) is 0 Å². The van der Waals surface area contributed by atoms with Crippen LogP contribution in [0.5, 0.6) is 0 Å². The average molecular weight is 871 g/mol. The van der Waals surface area contributed by atoms with Gasteiger partial charge in [0.15, 0.2) is 24.7 Å². The molecule has 7 fully saturated rings. The Morgan fingerprint density at radius 3 is 2.30 bits per heavy atom. The first-order valence-electron chi connectivity index (χ1n) is 23.2. The Labute approximate surface area is 359 Å². The van der Waals surface area contributed by atoms with Crippen molar-refractivity contribution in [3.05, 3.63) is 11.6 Å². The van der Waals surface area contributed by atoms with Gasteiger partial charge in [0.2, 0.25) is 0 Å². The van der Waals surface area contributed by atoms with E-state index >= 15 is 0 Å². The summed E-state index contributed by atoms with van der Waals surface area (Å²) in [5, 5.41) is 83.5. The molecule has 0 amide bonds. The van der Waals surface area contributed by atoms with Gasteiger partial charge in [0.05, 0.1) is 44.7 Å². The highest BCUT2D eigenvalue weighted by atomic mass is 16.8. The lowest BCUT2D eigenvalue weighted by Crippen LogP contribution is -2.65. The van der Waals surface area contributed by atoms with Crippen LogP contribution in [0.15, 0.2) is 11.6 Å². The number of ether oxygens (including phenoxy) is 8. The molecule has 1 spiro atoms. The van der Waals surface area contributed by atoms with E-state index in [4.69, 9.17) is 37.9 Å². The number of aliphatic hydroxyl groups excluding tert-OH is 8. The molecular formula is C45H74O16. The summed E-state index contributed by atoms with van der Waals surface area (Å²) < 4.78 is 50.1. The molecule has 0 aromatic carbocycles. The van der Waals surface area contributed by atoms with Gasteiger partial charge >= 0.3 is 0 Å². The van der Waals surface area contributed by atoms with Crippen LogP contribution in [0.25, 0.3) is 0 Å². The van der Waals surface area contributed by atoms with Crippen LogP contribution in [0.4, 0.5) is 0 Å². The molecule has 4 heterocycles. The molecule has 8 aliphatic rings. The minimum absolute atomic E-state index is 0.00709. The van der Waals surface area contributed by atoms with Gasteiger partial charge in [-0.05, 0) is 106 Å². The number of rotatable bonds is 12. The van der Waals surface area contributed by atoms with Crippen LogP contribution in [0.3, 0.4) is 0 Å². The quantitative estimate of drug-likeness (QED) is 0.103. The number of allylic oxidation sites excluding steroid dienone is 1. The highest BCUT2D eigenvalue weighted by Crippen LogP contribution is 2.70. The SMILES string of the molecule is CC1CCC2(OC1)OC1CC3C4CC=C5C[C@@H](O[C@@H]6OC(CO)[C@@H](OC(C)O[C@@H](CO)C(O)CO)C(O)C6O[C@@H]6OC(C)[C@H](O)C(O)C6O)CC[C@]5(C)C4CC[C@]3(C)C1[C@@H]2C. The van der Waals surface area contributed by atoms with Crippen LogP contribution in [0, 0.1) is 46.3 Å². The first-order valence-corrected chi connectivity index (χ1v) is 23.2. The summed E-state index contributed by atoms with van der Waals surface area (Å²) in [5.41, 5.74) is 1.56. The largest absolute Gasteiger partial charge is 0.394 e. The van der Waals surface area contributed by atoms with Gasteiger partial charge < -0.3 is 78.7 Å². The zero-order valence-electron chi connectivity index (χ0n) is 36.7. The number of aliphatic hydroxyl groups is 8. The lowest BCUT2D eigenvalue weighted by molar-refractivity contribution is -0.380. The fourth-order valence-corrected chi connectivity index (χ4v) is 13.6. The van der Waals surface area contributed by atoms with E-state index in [0.29, 0.717) is 48.3 Å². The van der Waals surface area contributed by atoms with Crippen molar-refractivity contribution in [2.45, 2.75) is 197 Å². The highest BCUT2D eigenvalue weighted by Gasteiger charge is 2.69. The van der Waals surface area contributed by atoms with E-state index in [1.165, 1.54) is 25.8 Å². The molecular weight excluding hydrogens is 796 g/mol. The van der Waals surface area contributed by atoms with Crippen molar-refractivity contribution in [2.75, 3.05) is 26.4 Å². The maximum Gasteiger partial charge on any atom is 0.187 e. The minimum atomic E-state index is -1.69. The van der Waals surface area contributed by atoms with Crippen LogP contribution in [0.1, 0.15) is 99.3 Å². The maximum atomic E-state index is 11.9. The summed E-state index contributed by atoms with van der Waals surface area (Å²) in [6.07, 6.45) is -6.43. The highest BCUT2D eigenvalue weighted by molar-refractivity contribution is 5.26. The van der Waals surface area contributed by atoms with E-state index in [-0.39, 0.29) is 23.0 Å². The van der Waals surface area contributed by atoms with E-state index in [1.807, 2.05) is 0 Å². The number of fused-ring (bicyclic) bond motifs is 7. The van der Waals surface area contributed by atoms with Gasteiger partial charge in [-0.2, -0.15) is 0 Å². The van der Waals surface area contributed by atoms with Crippen molar-refractivity contribution in [3.8, 4) is 0 Å². The molecule has 350 valence electrons. The summed E-state index contributed by atoms with van der Waals surface area (Å²) >= 11 is 0. The molecule has 16 heteroatoms. The lowest BCUT2D eigenvalue weighted by Gasteiger charge is -2.58. The van der Waals surface area contributed by atoms with E-state index in [2.05, 4.69) is 33.8 Å². The normalized spacial score (nSPS) is 52.4. The second kappa shape index (κ2) is 18.1. The van der Waals surface area contributed by atoms with E-state index in [9.17, 15) is 40.9 Å². The Balaban J connectivity index is 0.975. The molecule has 0 aromatic rings. The van der Waals surface area contributed by atoms with E-state index < -0.39 is 106 Å². The summed E-state index contributed by atoms with van der Waals surface area (Å²) in [7, 11) is 0. The molecule has 0 aromatic heterocycles. The predicted molar refractivity (Wildman–Crippen MR) is 215 cm³/mol. The third kappa shape index (κ3) is 8.22. The molecule has 16 nitrogen and oxygen atoms in total. The molecule has 8 N–H and O–H groups in total. The smallest absolute Gasteiger partial charge is 0.187 e. The second-order valence-corrected chi connectivity index (χ2v) is 20.6. The van der Waals surface area contributed by atoms with Crippen molar-refractivity contribution in [1.82, 2.24) is 0 Å². The van der Waals surface area contributed by atoms with Gasteiger partial charge in [-0.15, -0.1) is 0 Å². The maximum absolute atomic E-state index is 11.9. The van der Waals surface area contributed by atoms with E-state index in [1.54, 1.807) is 0 Å². The molecule has 15 unspecified atom stereocenters. The molecule has 24 atom stereocenters. The molecule has 0 radical (unpaired) electrons. The van der Waals surface area contributed by atoms with Crippen molar-refractivity contribution in [2.24, 2.45) is 46.3 Å². The van der Waals surface area contributed by atoms with Gasteiger partial charge in [-0.3, -0.25) is 0 Å². The van der Waals surface area contributed by atoms with E-state index in [0.717, 1.165) is 45.1 Å². The molecule has 61 heavy (non-hydrogen) atoms.